The van der Waals surface area contributed by atoms with Crippen LogP contribution in [0.15, 0.2) is 36.7 Å². The second kappa shape index (κ2) is 11.2. The normalized spacial score (nSPS) is 11.3. The second-order valence-electron chi connectivity index (χ2n) is 8.37. The molecule has 0 unspecified atom stereocenters. The predicted molar refractivity (Wildman–Crippen MR) is 128 cm³/mol. The summed E-state index contributed by atoms with van der Waals surface area (Å²) >= 11 is 5.82. The number of fused-ring (bicyclic) bond motifs is 1. The van der Waals surface area contributed by atoms with E-state index >= 15 is 0 Å². The van der Waals surface area contributed by atoms with Crippen LogP contribution in [0.1, 0.15) is 27.2 Å². The van der Waals surface area contributed by atoms with Gasteiger partial charge in [0.25, 0.3) is 0 Å². The minimum Gasteiger partial charge on any atom is -0.484 e. The number of hydrogen-bond donors (Lipinski definition) is 1. The highest BCUT2D eigenvalue weighted by Gasteiger charge is 2.20. The van der Waals surface area contributed by atoms with Crippen molar-refractivity contribution < 1.29 is 28.3 Å². The first-order valence-corrected chi connectivity index (χ1v) is 11.0. The maximum atomic E-state index is 13.4. The number of nitrogens with one attached hydrogen (secondary N) is 1. The van der Waals surface area contributed by atoms with Crippen LogP contribution in [0.2, 0.25) is 5.02 Å². The molecule has 1 N–H and O–H groups in total. The number of hydrogen-bond acceptors (Lipinski definition) is 9. The first kappa shape index (κ1) is 26.0. The van der Waals surface area contributed by atoms with E-state index in [0.29, 0.717) is 16.6 Å². The standard InChI is InChI=1S/C23H24ClFN4O6/c1-23(2,3)35-21(30)6-7-33-8-9-34-20-12-18-15(11-19(20)29(31)32)22(27-13-26-18)28-14-4-5-17(25)16(24)10-14/h4-5,10-13H,6-9H2,1-3H3,(H,26,27,28). The zero-order chi connectivity index (χ0) is 25.6. The van der Waals surface area contributed by atoms with Gasteiger partial charge >= 0.3 is 11.7 Å². The van der Waals surface area contributed by atoms with Crippen LogP contribution >= 0.6 is 11.6 Å². The third-order valence-corrected chi connectivity index (χ3v) is 4.74. The summed E-state index contributed by atoms with van der Waals surface area (Å²) in [4.78, 5) is 31.1. The van der Waals surface area contributed by atoms with E-state index < -0.39 is 16.3 Å². The minimum absolute atomic E-state index is 0.00715. The molecule has 35 heavy (non-hydrogen) atoms. The number of rotatable bonds is 10. The third-order valence-electron chi connectivity index (χ3n) is 4.45. The van der Waals surface area contributed by atoms with Crippen molar-refractivity contribution in [2.45, 2.75) is 32.8 Å². The summed E-state index contributed by atoms with van der Waals surface area (Å²) in [6, 6.07) is 6.75. The summed E-state index contributed by atoms with van der Waals surface area (Å²) in [5, 5.41) is 14.9. The molecule has 12 heteroatoms. The maximum absolute atomic E-state index is 13.4. The lowest BCUT2D eigenvalue weighted by molar-refractivity contribution is -0.385. The van der Waals surface area contributed by atoms with Gasteiger partial charge in [0.15, 0.2) is 5.75 Å². The highest BCUT2D eigenvalue weighted by atomic mass is 35.5. The Morgan fingerprint density at radius 2 is 1.94 bits per heavy atom. The van der Waals surface area contributed by atoms with Gasteiger partial charge in [-0.2, -0.15) is 0 Å². The van der Waals surface area contributed by atoms with Crippen molar-refractivity contribution in [1.82, 2.24) is 9.97 Å². The summed E-state index contributed by atoms with van der Waals surface area (Å²) in [5.74, 6) is -0.669. The third kappa shape index (κ3) is 7.46. The van der Waals surface area contributed by atoms with Crippen LogP contribution in [-0.4, -0.2) is 46.3 Å². The van der Waals surface area contributed by atoms with Gasteiger partial charge in [0, 0.05) is 17.8 Å². The molecule has 0 amide bonds. The van der Waals surface area contributed by atoms with Crippen molar-refractivity contribution in [2.24, 2.45) is 0 Å². The molecular formula is C23H24ClFN4O6. The van der Waals surface area contributed by atoms with Gasteiger partial charge < -0.3 is 19.5 Å². The molecule has 0 fully saturated rings. The molecule has 0 saturated heterocycles. The SMILES string of the molecule is CC(C)(C)OC(=O)CCOCCOc1cc2ncnc(Nc3ccc(F)c(Cl)c3)c2cc1[N+](=O)[O-]. The number of nitrogens with zero attached hydrogens (tertiary/aromatic N) is 3. The minimum atomic E-state index is -0.580. The van der Waals surface area contributed by atoms with E-state index in [9.17, 15) is 19.3 Å². The van der Waals surface area contributed by atoms with E-state index in [-0.39, 0.29) is 54.5 Å². The number of nitro benzene ring substituents is 1. The number of nitro groups is 1. The molecule has 0 aliphatic carbocycles. The molecule has 0 saturated carbocycles. The number of carbonyl (C=O) groups excluding carboxylic acids is 1. The Labute approximate surface area is 205 Å². The van der Waals surface area contributed by atoms with Gasteiger partial charge in [0.2, 0.25) is 0 Å². The van der Waals surface area contributed by atoms with Crippen molar-refractivity contribution >= 4 is 45.7 Å². The summed E-state index contributed by atoms with van der Waals surface area (Å²) < 4.78 is 29.5. The molecule has 0 spiro atoms. The lowest BCUT2D eigenvalue weighted by Crippen LogP contribution is -2.24. The monoisotopic (exact) mass is 506 g/mol. The Morgan fingerprint density at radius 3 is 2.63 bits per heavy atom. The molecule has 2 aromatic carbocycles. The van der Waals surface area contributed by atoms with Crippen LogP contribution < -0.4 is 10.1 Å². The quantitative estimate of drug-likeness (QED) is 0.171. The first-order chi connectivity index (χ1) is 16.5. The molecule has 0 aliphatic heterocycles. The molecule has 0 atom stereocenters. The van der Waals surface area contributed by atoms with Crippen LogP contribution in [0.5, 0.6) is 5.75 Å². The number of anilines is 2. The average molecular weight is 507 g/mol. The summed E-state index contributed by atoms with van der Waals surface area (Å²) in [6.07, 6.45) is 1.37. The van der Waals surface area contributed by atoms with Gasteiger partial charge in [0.1, 0.15) is 30.2 Å². The van der Waals surface area contributed by atoms with Crippen molar-refractivity contribution in [1.29, 1.82) is 0 Å². The van der Waals surface area contributed by atoms with E-state index in [1.165, 1.54) is 36.7 Å². The number of esters is 1. The summed E-state index contributed by atoms with van der Waals surface area (Å²) in [7, 11) is 0. The fraction of sp³-hybridized carbons (Fsp3) is 0.348. The average Bonchev–Trinajstić information content (AvgIpc) is 2.77. The van der Waals surface area contributed by atoms with Crippen molar-refractivity contribution in [3.63, 3.8) is 0 Å². The molecular weight excluding hydrogens is 483 g/mol. The van der Waals surface area contributed by atoms with Gasteiger partial charge in [-0.25, -0.2) is 14.4 Å². The van der Waals surface area contributed by atoms with Crippen LogP contribution in [0.4, 0.5) is 21.6 Å². The Kier molecular flexibility index (Phi) is 8.36. The Morgan fingerprint density at radius 1 is 1.17 bits per heavy atom. The van der Waals surface area contributed by atoms with E-state index in [2.05, 4.69) is 15.3 Å². The lowest BCUT2D eigenvalue weighted by Gasteiger charge is -2.19. The van der Waals surface area contributed by atoms with Gasteiger partial charge in [-0.05, 0) is 39.0 Å². The molecule has 186 valence electrons. The summed E-state index contributed by atoms with van der Waals surface area (Å²) in [6.45, 7) is 5.59. The Bertz CT molecular complexity index is 1230. The molecule has 1 heterocycles. The molecule has 3 aromatic rings. The van der Waals surface area contributed by atoms with Crippen molar-refractivity contribution in [3.05, 3.63) is 57.6 Å². The molecule has 3 rings (SSSR count). The van der Waals surface area contributed by atoms with Gasteiger partial charge in [-0.3, -0.25) is 14.9 Å². The predicted octanol–water partition coefficient (Wildman–Crippen LogP) is 5.20. The van der Waals surface area contributed by atoms with Gasteiger partial charge in [-0.1, -0.05) is 11.6 Å². The van der Waals surface area contributed by atoms with Crippen LogP contribution in [0.25, 0.3) is 10.9 Å². The molecule has 0 radical (unpaired) electrons. The van der Waals surface area contributed by atoms with Gasteiger partial charge in [-0.15, -0.1) is 0 Å². The number of ether oxygens (including phenoxy) is 3. The molecule has 10 nitrogen and oxygen atoms in total. The number of benzene rings is 2. The lowest BCUT2D eigenvalue weighted by atomic mass is 10.2. The number of carbonyl (C=O) groups is 1. The second-order valence-corrected chi connectivity index (χ2v) is 8.77. The maximum Gasteiger partial charge on any atom is 0.311 e. The van der Waals surface area contributed by atoms with Crippen LogP contribution in [0, 0.1) is 15.9 Å². The smallest absolute Gasteiger partial charge is 0.311 e. The molecule has 1 aromatic heterocycles. The fourth-order valence-electron chi connectivity index (χ4n) is 3.00. The van der Waals surface area contributed by atoms with Gasteiger partial charge in [0.05, 0.1) is 40.5 Å². The zero-order valence-corrected chi connectivity index (χ0v) is 20.1. The topological polar surface area (TPSA) is 126 Å². The molecule has 0 bridgehead atoms. The highest BCUT2D eigenvalue weighted by molar-refractivity contribution is 6.31. The van der Waals surface area contributed by atoms with E-state index in [1.807, 2.05) is 0 Å². The number of halogens is 2. The van der Waals surface area contributed by atoms with E-state index in [4.69, 9.17) is 25.8 Å². The summed E-state index contributed by atoms with van der Waals surface area (Å²) in [5.41, 5.74) is -0.0217. The van der Waals surface area contributed by atoms with Crippen LogP contribution in [-0.2, 0) is 14.3 Å². The van der Waals surface area contributed by atoms with Crippen molar-refractivity contribution in [3.8, 4) is 5.75 Å². The van der Waals surface area contributed by atoms with E-state index in [1.54, 1.807) is 20.8 Å². The highest BCUT2D eigenvalue weighted by Crippen LogP contribution is 2.35. The van der Waals surface area contributed by atoms with Crippen LogP contribution in [0.3, 0.4) is 0 Å². The molecule has 0 aliphatic rings. The fourth-order valence-corrected chi connectivity index (χ4v) is 3.18. The number of aromatic nitrogens is 2. The van der Waals surface area contributed by atoms with Crippen molar-refractivity contribution in [2.75, 3.05) is 25.1 Å². The Balaban J connectivity index is 1.67. The largest absolute Gasteiger partial charge is 0.484 e. The first-order valence-electron chi connectivity index (χ1n) is 10.6. The Hall–Kier alpha value is -3.57. The van der Waals surface area contributed by atoms with E-state index in [0.717, 1.165) is 0 Å². The zero-order valence-electron chi connectivity index (χ0n) is 19.3.